The monoisotopic (exact) mass is 355 g/mol. The second-order valence-corrected chi connectivity index (χ2v) is 5.87. The van der Waals surface area contributed by atoms with Crippen molar-refractivity contribution in [2.75, 3.05) is 0 Å². The Morgan fingerprint density at radius 1 is 1.16 bits per heavy atom. The maximum Gasteiger partial charge on any atom is 0.267 e. The van der Waals surface area contributed by atoms with Gasteiger partial charge in [0.25, 0.3) is 5.89 Å². The molecule has 4 aromatic rings. The van der Waals surface area contributed by atoms with Gasteiger partial charge in [0.15, 0.2) is 6.61 Å². The Hall–Kier alpha value is -2.93. The van der Waals surface area contributed by atoms with Crippen molar-refractivity contribution in [2.24, 2.45) is 0 Å². The SMILES string of the molecule is CCc1ccc(-c2noc(COn3nnc4ccc(Cl)cc43)n2)cc1. The number of hydrogen-bond donors (Lipinski definition) is 0. The molecule has 0 unspecified atom stereocenters. The summed E-state index contributed by atoms with van der Waals surface area (Å²) >= 11 is 5.99. The number of fused-ring (bicyclic) bond motifs is 1. The van der Waals surface area contributed by atoms with Crippen LogP contribution in [0.15, 0.2) is 47.0 Å². The topological polar surface area (TPSA) is 78.9 Å². The molecule has 0 aliphatic heterocycles. The molecule has 0 atom stereocenters. The zero-order valence-corrected chi connectivity index (χ0v) is 14.1. The van der Waals surface area contributed by atoms with E-state index in [9.17, 15) is 0 Å². The van der Waals surface area contributed by atoms with Gasteiger partial charge < -0.3 is 9.36 Å². The van der Waals surface area contributed by atoms with Gasteiger partial charge in [-0.2, -0.15) is 4.98 Å². The van der Waals surface area contributed by atoms with Crippen molar-refractivity contribution in [3.63, 3.8) is 0 Å². The molecule has 0 spiro atoms. The quantitative estimate of drug-likeness (QED) is 0.546. The molecule has 2 aromatic carbocycles. The Labute approximate surface area is 148 Å². The summed E-state index contributed by atoms with van der Waals surface area (Å²) in [5.41, 5.74) is 3.51. The van der Waals surface area contributed by atoms with Crippen LogP contribution in [-0.2, 0) is 13.0 Å². The molecule has 0 radical (unpaired) electrons. The van der Waals surface area contributed by atoms with E-state index < -0.39 is 0 Å². The van der Waals surface area contributed by atoms with Crippen molar-refractivity contribution in [3.05, 3.63) is 58.9 Å². The van der Waals surface area contributed by atoms with Crippen molar-refractivity contribution in [3.8, 4) is 11.4 Å². The van der Waals surface area contributed by atoms with Crippen LogP contribution in [0.1, 0.15) is 18.4 Å². The summed E-state index contributed by atoms with van der Waals surface area (Å²) in [7, 11) is 0. The number of aromatic nitrogens is 5. The van der Waals surface area contributed by atoms with E-state index in [2.05, 4.69) is 27.4 Å². The van der Waals surface area contributed by atoms with E-state index in [0.29, 0.717) is 27.8 Å². The van der Waals surface area contributed by atoms with Gasteiger partial charge in [-0.05, 0) is 35.4 Å². The first-order valence-corrected chi connectivity index (χ1v) is 8.17. The lowest BCUT2D eigenvalue weighted by Crippen LogP contribution is -2.13. The van der Waals surface area contributed by atoms with Crippen LogP contribution >= 0.6 is 11.6 Å². The largest absolute Gasteiger partial charge is 0.385 e. The number of benzene rings is 2. The molecule has 2 aromatic heterocycles. The molecule has 0 aliphatic carbocycles. The fourth-order valence-electron chi connectivity index (χ4n) is 2.40. The standard InChI is InChI=1S/C17H14ClN5O2/c1-2-11-3-5-12(6-4-11)17-19-16(25-21-17)10-24-23-15-9-13(18)7-8-14(15)20-22-23/h3-9H,2,10H2,1H3. The van der Waals surface area contributed by atoms with Gasteiger partial charge in [0.05, 0.1) is 0 Å². The predicted octanol–water partition coefficient (Wildman–Crippen LogP) is 3.33. The van der Waals surface area contributed by atoms with E-state index in [1.165, 1.54) is 10.4 Å². The zero-order valence-electron chi connectivity index (χ0n) is 13.4. The summed E-state index contributed by atoms with van der Waals surface area (Å²) in [6.45, 7) is 2.19. The Morgan fingerprint density at radius 2 is 2.00 bits per heavy atom. The first-order valence-electron chi connectivity index (χ1n) is 7.79. The van der Waals surface area contributed by atoms with Crippen LogP contribution in [-0.4, -0.2) is 25.3 Å². The molecule has 8 heteroatoms. The molecule has 2 heterocycles. The van der Waals surface area contributed by atoms with Gasteiger partial charge >= 0.3 is 0 Å². The average molecular weight is 356 g/mol. The third-order valence-corrected chi connectivity index (χ3v) is 4.01. The summed E-state index contributed by atoms with van der Waals surface area (Å²) < 4.78 is 5.24. The van der Waals surface area contributed by atoms with Crippen molar-refractivity contribution in [1.82, 2.24) is 25.3 Å². The smallest absolute Gasteiger partial charge is 0.267 e. The van der Waals surface area contributed by atoms with Gasteiger partial charge in [0.2, 0.25) is 5.82 Å². The van der Waals surface area contributed by atoms with Crippen LogP contribution in [0.5, 0.6) is 0 Å². The number of rotatable bonds is 5. The van der Waals surface area contributed by atoms with Crippen molar-refractivity contribution in [1.29, 1.82) is 0 Å². The molecular formula is C17H14ClN5O2. The molecule has 4 rings (SSSR count). The van der Waals surface area contributed by atoms with Crippen LogP contribution in [0.4, 0.5) is 0 Å². The Kier molecular flexibility index (Phi) is 4.07. The van der Waals surface area contributed by atoms with Gasteiger partial charge in [-0.3, -0.25) is 0 Å². The van der Waals surface area contributed by atoms with Crippen LogP contribution in [0, 0.1) is 0 Å². The van der Waals surface area contributed by atoms with Gasteiger partial charge in [-0.25, -0.2) is 0 Å². The lowest BCUT2D eigenvalue weighted by molar-refractivity contribution is 0.0583. The minimum atomic E-state index is 0.0744. The Bertz CT molecular complexity index is 1010. The van der Waals surface area contributed by atoms with Gasteiger partial charge in [0.1, 0.15) is 11.0 Å². The third kappa shape index (κ3) is 3.18. The molecule has 0 fully saturated rings. The number of halogens is 1. The van der Waals surface area contributed by atoms with E-state index in [4.69, 9.17) is 21.0 Å². The normalized spacial score (nSPS) is 11.1. The van der Waals surface area contributed by atoms with Crippen LogP contribution in [0.3, 0.4) is 0 Å². The molecule has 126 valence electrons. The second kappa shape index (κ2) is 6.52. The molecule has 0 bridgehead atoms. The second-order valence-electron chi connectivity index (χ2n) is 5.43. The Morgan fingerprint density at radius 3 is 2.80 bits per heavy atom. The minimum Gasteiger partial charge on any atom is -0.385 e. The Balaban J connectivity index is 1.49. The first-order chi connectivity index (χ1) is 12.2. The average Bonchev–Trinajstić information content (AvgIpc) is 3.27. The molecule has 7 nitrogen and oxygen atoms in total. The van der Waals surface area contributed by atoms with Gasteiger partial charge in [-0.15, -0.1) is 5.10 Å². The van der Waals surface area contributed by atoms with E-state index in [1.54, 1.807) is 18.2 Å². The zero-order chi connectivity index (χ0) is 17.2. The summed E-state index contributed by atoms with van der Waals surface area (Å²) in [4.78, 5) is 11.2. The molecular weight excluding hydrogens is 342 g/mol. The molecule has 0 N–H and O–H groups in total. The van der Waals surface area contributed by atoms with Gasteiger partial charge in [-0.1, -0.05) is 52.8 Å². The van der Waals surface area contributed by atoms with E-state index >= 15 is 0 Å². The summed E-state index contributed by atoms with van der Waals surface area (Å²) in [5.74, 6) is 0.869. The summed E-state index contributed by atoms with van der Waals surface area (Å²) in [6.07, 6.45) is 0.988. The third-order valence-electron chi connectivity index (χ3n) is 3.78. The van der Waals surface area contributed by atoms with Crippen LogP contribution in [0.2, 0.25) is 5.02 Å². The number of nitrogens with zero attached hydrogens (tertiary/aromatic N) is 5. The van der Waals surface area contributed by atoms with Crippen LogP contribution < -0.4 is 4.84 Å². The molecule has 0 saturated heterocycles. The fourth-order valence-corrected chi connectivity index (χ4v) is 2.57. The minimum absolute atomic E-state index is 0.0744. The maximum absolute atomic E-state index is 5.99. The highest BCUT2D eigenvalue weighted by Crippen LogP contribution is 2.18. The lowest BCUT2D eigenvalue weighted by Gasteiger charge is -2.01. The maximum atomic E-state index is 5.99. The summed E-state index contributed by atoms with van der Waals surface area (Å²) in [5, 5.41) is 12.5. The number of aryl methyl sites for hydroxylation is 1. The fraction of sp³-hybridized carbons (Fsp3) is 0.176. The number of hydrogen-bond acceptors (Lipinski definition) is 6. The van der Waals surface area contributed by atoms with E-state index in [1.807, 2.05) is 24.3 Å². The van der Waals surface area contributed by atoms with E-state index in [0.717, 1.165) is 12.0 Å². The van der Waals surface area contributed by atoms with Crippen molar-refractivity contribution >= 4 is 22.6 Å². The summed E-state index contributed by atoms with van der Waals surface area (Å²) in [6, 6.07) is 13.3. The first kappa shape index (κ1) is 15.6. The highest BCUT2D eigenvalue weighted by Gasteiger charge is 2.11. The highest BCUT2D eigenvalue weighted by molar-refractivity contribution is 6.31. The van der Waals surface area contributed by atoms with Crippen LogP contribution in [0.25, 0.3) is 22.4 Å². The molecule has 0 aliphatic rings. The van der Waals surface area contributed by atoms with Crippen molar-refractivity contribution in [2.45, 2.75) is 20.0 Å². The molecule has 0 amide bonds. The molecule has 25 heavy (non-hydrogen) atoms. The van der Waals surface area contributed by atoms with Crippen molar-refractivity contribution < 1.29 is 9.36 Å². The predicted molar refractivity (Wildman–Crippen MR) is 91.9 cm³/mol. The van der Waals surface area contributed by atoms with Gasteiger partial charge in [0, 0.05) is 10.6 Å². The highest BCUT2D eigenvalue weighted by atomic mass is 35.5. The molecule has 0 saturated carbocycles. The lowest BCUT2D eigenvalue weighted by atomic mass is 10.1. The van der Waals surface area contributed by atoms with E-state index in [-0.39, 0.29) is 6.61 Å².